The highest BCUT2D eigenvalue weighted by Gasteiger charge is 2.15. The fraction of sp³-hybridized carbons (Fsp3) is 0.500. The van der Waals surface area contributed by atoms with Gasteiger partial charge in [-0.3, -0.25) is 9.52 Å². The maximum absolute atomic E-state index is 11.8. The molecule has 0 unspecified atom stereocenters. The summed E-state index contributed by atoms with van der Waals surface area (Å²) in [6, 6.07) is 7.20. The summed E-state index contributed by atoms with van der Waals surface area (Å²) in [5, 5.41) is 8.49. The molecule has 0 atom stereocenters. The zero-order valence-corrected chi connectivity index (χ0v) is 12.8. The number of anilines is 1. The number of benzene rings is 1. The van der Waals surface area contributed by atoms with Crippen molar-refractivity contribution in [3.05, 3.63) is 29.8 Å². The lowest BCUT2D eigenvalue weighted by Crippen LogP contribution is -2.17. The highest BCUT2D eigenvalue weighted by molar-refractivity contribution is 7.92. The zero-order valence-electron chi connectivity index (χ0n) is 12.0. The van der Waals surface area contributed by atoms with Crippen LogP contribution in [0.2, 0.25) is 0 Å². The molecule has 0 amide bonds. The second kappa shape index (κ2) is 6.26. The molecule has 0 bridgehead atoms. The summed E-state index contributed by atoms with van der Waals surface area (Å²) in [7, 11) is -3.49. The monoisotopic (exact) mass is 299 g/mol. The molecule has 1 rings (SSSR count). The molecule has 0 aliphatic heterocycles. The minimum absolute atomic E-state index is 0.0128. The minimum Gasteiger partial charge on any atom is -0.481 e. The van der Waals surface area contributed by atoms with E-state index in [2.05, 4.69) is 25.5 Å². The van der Waals surface area contributed by atoms with E-state index >= 15 is 0 Å². The minimum atomic E-state index is -3.49. The fourth-order valence-electron chi connectivity index (χ4n) is 1.68. The van der Waals surface area contributed by atoms with Crippen LogP contribution in [0, 0.1) is 0 Å². The Balaban J connectivity index is 2.66. The molecule has 1 aromatic rings. The van der Waals surface area contributed by atoms with Crippen LogP contribution in [-0.2, 0) is 20.2 Å². The summed E-state index contributed by atoms with van der Waals surface area (Å²) >= 11 is 0. The van der Waals surface area contributed by atoms with Crippen LogP contribution in [0.1, 0.15) is 39.2 Å². The van der Waals surface area contributed by atoms with Crippen molar-refractivity contribution in [2.24, 2.45) is 0 Å². The summed E-state index contributed by atoms with van der Waals surface area (Å²) < 4.78 is 26.0. The first-order chi connectivity index (χ1) is 9.10. The number of hydrogen-bond donors (Lipinski definition) is 2. The van der Waals surface area contributed by atoms with Gasteiger partial charge in [0.25, 0.3) is 0 Å². The van der Waals surface area contributed by atoms with Gasteiger partial charge in [0.2, 0.25) is 10.0 Å². The van der Waals surface area contributed by atoms with Crippen molar-refractivity contribution in [2.45, 2.75) is 39.0 Å². The number of carboxylic acids is 1. The number of hydrogen-bond acceptors (Lipinski definition) is 3. The highest BCUT2D eigenvalue weighted by Crippen LogP contribution is 2.23. The van der Waals surface area contributed by atoms with Gasteiger partial charge in [0.05, 0.1) is 5.75 Å². The third kappa shape index (κ3) is 5.61. The molecule has 0 saturated carbocycles. The van der Waals surface area contributed by atoms with Crippen molar-refractivity contribution in [3.8, 4) is 0 Å². The molecular weight excluding hydrogens is 278 g/mol. The first-order valence-electron chi connectivity index (χ1n) is 6.43. The van der Waals surface area contributed by atoms with Crippen LogP contribution in [0.3, 0.4) is 0 Å². The predicted octanol–water partition coefficient (Wildman–Crippen LogP) is 2.59. The lowest BCUT2D eigenvalue weighted by molar-refractivity contribution is -0.137. The lowest BCUT2D eigenvalue weighted by Gasteiger charge is -2.19. The highest BCUT2D eigenvalue weighted by atomic mass is 32.2. The van der Waals surface area contributed by atoms with Gasteiger partial charge in [-0.25, -0.2) is 8.42 Å². The number of sulfonamides is 1. The molecule has 2 N–H and O–H groups in total. The number of rotatable bonds is 6. The van der Waals surface area contributed by atoms with Crippen molar-refractivity contribution in [2.75, 3.05) is 10.5 Å². The van der Waals surface area contributed by atoms with E-state index in [1.807, 2.05) is 12.1 Å². The van der Waals surface area contributed by atoms with E-state index in [1.165, 1.54) is 0 Å². The molecule has 0 radical (unpaired) electrons. The van der Waals surface area contributed by atoms with Gasteiger partial charge in [-0.2, -0.15) is 0 Å². The average molecular weight is 299 g/mol. The van der Waals surface area contributed by atoms with Gasteiger partial charge in [-0.15, -0.1) is 0 Å². The van der Waals surface area contributed by atoms with Gasteiger partial charge >= 0.3 is 5.97 Å². The summed E-state index contributed by atoms with van der Waals surface area (Å²) in [4.78, 5) is 10.4. The number of aliphatic carboxylic acids is 1. The lowest BCUT2D eigenvalue weighted by atomic mass is 9.87. The van der Waals surface area contributed by atoms with Gasteiger partial charge in [0, 0.05) is 12.1 Å². The quantitative estimate of drug-likeness (QED) is 0.845. The van der Waals surface area contributed by atoms with Crippen LogP contribution >= 0.6 is 0 Å². The third-order valence-electron chi connectivity index (χ3n) is 2.83. The van der Waals surface area contributed by atoms with E-state index in [9.17, 15) is 13.2 Å². The molecule has 0 aliphatic rings. The fourth-order valence-corrected chi connectivity index (χ4v) is 2.80. The molecule has 0 heterocycles. The molecule has 0 fully saturated rings. The number of nitrogens with one attached hydrogen (secondary N) is 1. The second-order valence-corrected chi connectivity index (χ2v) is 7.59. The Labute approximate surface area is 120 Å². The molecule has 6 heteroatoms. The van der Waals surface area contributed by atoms with Crippen LogP contribution in [0.15, 0.2) is 24.3 Å². The van der Waals surface area contributed by atoms with Crippen molar-refractivity contribution < 1.29 is 18.3 Å². The van der Waals surface area contributed by atoms with E-state index in [0.717, 1.165) is 5.56 Å². The Morgan fingerprint density at radius 3 is 2.20 bits per heavy atom. The molecule has 20 heavy (non-hydrogen) atoms. The largest absolute Gasteiger partial charge is 0.481 e. The van der Waals surface area contributed by atoms with Crippen LogP contribution in [-0.4, -0.2) is 25.2 Å². The van der Waals surface area contributed by atoms with E-state index in [-0.39, 0.29) is 24.0 Å². The molecule has 5 nitrogen and oxygen atoms in total. The van der Waals surface area contributed by atoms with Crippen molar-refractivity contribution in [1.82, 2.24) is 0 Å². The first-order valence-corrected chi connectivity index (χ1v) is 8.08. The van der Waals surface area contributed by atoms with Crippen LogP contribution in [0.25, 0.3) is 0 Å². The topological polar surface area (TPSA) is 83.5 Å². The Hall–Kier alpha value is -1.56. The second-order valence-electron chi connectivity index (χ2n) is 5.75. The Kier molecular flexibility index (Phi) is 5.16. The van der Waals surface area contributed by atoms with Crippen molar-refractivity contribution in [3.63, 3.8) is 0 Å². The number of carboxylic acid groups (broad SMARTS) is 1. The molecule has 0 aliphatic carbocycles. The zero-order chi connectivity index (χ0) is 15.4. The van der Waals surface area contributed by atoms with E-state index in [0.29, 0.717) is 5.69 Å². The van der Waals surface area contributed by atoms with E-state index in [1.54, 1.807) is 12.1 Å². The van der Waals surface area contributed by atoms with E-state index in [4.69, 9.17) is 5.11 Å². The van der Waals surface area contributed by atoms with Gasteiger partial charge in [0.1, 0.15) is 0 Å². The molecule has 0 saturated heterocycles. The van der Waals surface area contributed by atoms with Gasteiger partial charge in [-0.1, -0.05) is 32.9 Å². The third-order valence-corrected chi connectivity index (χ3v) is 4.20. The van der Waals surface area contributed by atoms with E-state index < -0.39 is 16.0 Å². The van der Waals surface area contributed by atoms with Crippen LogP contribution in [0.5, 0.6) is 0 Å². The van der Waals surface area contributed by atoms with Gasteiger partial charge < -0.3 is 5.11 Å². The standard InChI is InChI=1S/C14H21NO4S/c1-14(2,3)11-6-8-12(9-7-11)15-20(18,19)10-4-5-13(16)17/h6-9,15H,4-5,10H2,1-3H3,(H,16,17). The molecule has 0 aromatic heterocycles. The summed E-state index contributed by atoms with van der Waals surface area (Å²) in [5.74, 6) is -1.19. The van der Waals surface area contributed by atoms with Gasteiger partial charge in [0.15, 0.2) is 0 Å². The Bertz CT molecular complexity index is 556. The van der Waals surface area contributed by atoms with Crippen LogP contribution < -0.4 is 4.72 Å². The molecule has 0 spiro atoms. The van der Waals surface area contributed by atoms with Crippen LogP contribution in [0.4, 0.5) is 5.69 Å². The normalized spacial score (nSPS) is 12.2. The first kappa shape index (κ1) is 16.5. The SMILES string of the molecule is CC(C)(C)c1ccc(NS(=O)(=O)CCCC(=O)O)cc1. The average Bonchev–Trinajstić information content (AvgIpc) is 2.26. The van der Waals surface area contributed by atoms with Crippen molar-refractivity contribution in [1.29, 1.82) is 0 Å². The molecular formula is C14H21NO4S. The summed E-state index contributed by atoms with van der Waals surface area (Å²) in [6.07, 6.45) is -0.0470. The maximum Gasteiger partial charge on any atom is 0.303 e. The maximum atomic E-state index is 11.8. The summed E-state index contributed by atoms with van der Waals surface area (Å²) in [5.41, 5.74) is 1.62. The van der Waals surface area contributed by atoms with Crippen molar-refractivity contribution >= 4 is 21.7 Å². The number of carbonyl (C=O) groups is 1. The Morgan fingerprint density at radius 1 is 1.20 bits per heavy atom. The smallest absolute Gasteiger partial charge is 0.303 e. The molecule has 112 valence electrons. The van der Waals surface area contributed by atoms with Gasteiger partial charge in [-0.05, 0) is 29.5 Å². The summed E-state index contributed by atoms with van der Waals surface area (Å²) in [6.45, 7) is 6.24. The predicted molar refractivity (Wildman–Crippen MR) is 79.4 cm³/mol. The molecule has 1 aromatic carbocycles. The Morgan fingerprint density at radius 2 is 1.75 bits per heavy atom.